The normalized spacial score (nSPS) is 13.7. The second-order valence-electron chi connectivity index (χ2n) is 5.24. The third-order valence-corrected chi connectivity index (χ3v) is 3.87. The highest BCUT2D eigenvalue weighted by molar-refractivity contribution is 6.13. The number of hydrogen-bond donors (Lipinski definition) is 0. The minimum atomic E-state index is -1.71. The minimum Gasteiger partial charge on any atom is -0.497 e. The third-order valence-electron chi connectivity index (χ3n) is 3.87. The molecule has 0 saturated heterocycles. The molecule has 0 saturated carbocycles. The summed E-state index contributed by atoms with van der Waals surface area (Å²) in [5, 5.41) is 0. The van der Waals surface area contributed by atoms with E-state index in [2.05, 4.69) is 0 Å². The van der Waals surface area contributed by atoms with E-state index in [1.807, 2.05) is 0 Å². The molecule has 0 unspecified atom stereocenters. The molecule has 0 bridgehead atoms. The average molecular weight is 335 g/mol. The van der Waals surface area contributed by atoms with Gasteiger partial charge in [0, 0.05) is 24.6 Å². The molecule has 1 aliphatic rings. The minimum absolute atomic E-state index is 0.0102. The van der Waals surface area contributed by atoms with Crippen LogP contribution in [0.2, 0.25) is 0 Å². The van der Waals surface area contributed by atoms with Crippen molar-refractivity contribution in [1.82, 2.24) is 0 Å². The number of ketones is 1. The maximum atomic E-state index is 13.9. The van der Waals surface area contributed by atoms with E-state index in [0.717, 1.165) is 11.0 Å². The molecule has 0 spiro atoms. The highest BCUT2D eigenvalue weighted by Crippen LogP contribution is 2.32. The molecule has 1 aliphatic heterocycles. The van der Waals surface area contributed by atoms with Gasteiger partial charge in [0.05, 0.1) is 18.4 Å². The summed E-state index contributed by atoms with van der Waals surface area (Å²) in [4.78, 5) is 25.8. The predicted molar refractivity (Wildman–Crippen MR) is 79.9 cm³/mol. The van der Waals surface area contributed by atoms with Gasteiger partial charge in [-0.1, -0.05) is 0 Å². The molecule has 124 valence electrons. The van der Waals surface area contributed by atoms with Gasteiger partial charge >= 0.3 is 0 Å². The van der Waals surface area contributed by atoms with Gasteiger partial charge in [0.1, 0.15) is 5.75 Å². The quantitative estimate of drug-likeness (QED) is 0.791. The summed E-state index contributed by atoms with van der Waals surface area (Å²) in [5.74, 6) is -5.25. The molecule has 7 heteroatoms. The Balaban J connectivity index is 2.08. The van der Waals surface area contributed by atoms with Crippen LogP contribution in [0.3, 0.4) is 0 Å². The van der Waals surface area contributed by atoms with Crippen molar-refractivity contribution in [2.45, 2.75) is 6.42 Å². The predicted octanol–water partition coefficient (Wildman–Crippen LogP) is 3.35. The van der Waals surface area contributed by atoms with Crippen molar-refractivity contribution in [1.29, 1.82) is 0 Å². The largest absolute Gasteiger partial charge is 0.497 e. The van der Waals surface area contributed by atoms with Crippen LogP contribution in [0.15, 0.2) is 30.3 Å². The van der Waals surface area contributed by atoms with Gasteiger partial charge in [-0.25, -0.2) is 13.2 Å². The van der Waals surface area contributed by atoms with E-state index in [4.69, 9.17) is 4.74 Å². The molecule has 0 aliphatic carbocycles. The van der Waals surface area contributed by atoms with E-state index in [0.29, 0.717) is 17.4 Å². The third kappa shape index (κ3) is 2.51. The molecule has 2 aromatic rings. The zero-order valence-electron chi connectivity index (χ0n) is 12.6. The number of halogens is 3. The molecule has 0 fully saturated rings. The summed E-state index contributed by atoms with van der Waals surface area (Å²) >= 11 is 0. The number of benzene rings is 2. The summed E-state index contributed by atoms with van der Waals surface area (Å²) in [6, 6.07) is 6.13. The van der Waals surface area contributed by atoms with Crippen molar-refractivity contribution in [2.75, 3.05) is 18.6 Å². The lowest BCUT2D eigenvalue weighted by molar-refractivity contribution is 0.0952. The van der Waals surface area contributed by atoms with Crippen LogP contribution < -0.4 is 9.64 Å². The van der Waals surface area contributed by atoms with E-state index >= 15 is 0 Å². The molecular formula is C17H12F3NO3. The Morgan fingerprint density at radius 2 is 1.88 bits per heavy atom. The van der Waals surface area contributed by atoms with Crippen LogP contribution in [0.25, 0.3) is 0 Å². The first kappa shape index (κ1) is 16.0. The first-order valence-electron chi connectivity index (χ1n) is 7.10. The molecule has 24 heavy (non-hydrogen) atoms. The number of carbonyl (C=O) groups excluding carboxylic acids is 2. The number of carbonyl (C=O) groups is 2. The fourth-order valence-corrected chi connectivity index (χ4v) is 2.61. The van der Waals surface area contributed by atoms with Crippen molar-refractivity contribution >= 4 is 17.4 Å². The van der Waals surface area contributed by atoms with Crippen LogP contribution in [-0.2, 0) is 0 Å². The second kappa shape index (κ2) is 5.99. The van der Waals surface area contributed by atoms with Crippen LogP contribution in [0.4, 0.5) is 18.9 Å². The molecular weight excluding hydrogens is 323 g/mol. The Morgan fingerprint density at radius 1 is 1.12 bits per heavy atom. The maximum absolute atomic E-state index is 13.9. The number of methoxy groups -OCH3 is 1. The Morgan fingerprint density at radius 3 is 2.58 bits per heavy atom. The summed E-state index contributed by atoms with van der Waals surface area (Å²) < 4.78 is 45.4. The molecule has 4 nitrogen and oxygen atoms in total. The van der Waals surface area contributed by atoms with Crippen LogP contribution in [0.5, 0.6) is 5.75 Å². The number of anilines is 1. The van der Waals surface area contributed by atoms with E-state index < -0.39 is 28.9 Å². The molecule has 0 radical (unpaired) electrons. The number of Topliss-reactive ketones (excluding diaryl/α,β-unsaturated/α-hetero) is 1. The molecule has 0 N–H and O–H groups in total. The standard InChI is InChI=1S/C17H12F3NO3/c1-24-9-2-3-10-13(8-9)21(7-6-14(10)22)17(23)11-4-5-12(18)16(20)15(11)19/h2-5,8H,6-7H2,1H3. The highest BCUT2D eigenvalue weighted by Gasteiger charge is 2.30. The van der Waals surface area contributed by atoms with E-state index in [-0.39, 0.29) is 24.4 Å². The summed E-state index contributed by atoms with van der Waals surface area (Å²) in [6.45, 7) is 0.0102. The number of hydrogen-bond acceptors (Lipinski definition) is 3. The van der Waals surface area contributed by atoms with Crippen molar-refractivity contribution in [3.05, 3.63) is 58.9 Å². The maximum Gasteiger partial charge on any atom is 0.261 e. The van der Waals surface area contributed by atoms with Crippen LogP contribution in [0, 0.1) is 17.5 Å². The number of ether oxygens (including phenoxy) is 1. The van der Waals surface area contributed by atoms with Crippen molar-refractivity contribution in [3.8, 4) is 5.75 Å². The van der Waals surface area contributed by atoms with Crippen molar-refractivity contribution in [2.24, 2.45) is 0 Å². The zero-order valence-corrected chi connectivity index (χ0v) is 12.6. The van der Waals surface area contributed by atoms with E-state index in [9.17, 15) is 22.8 Å². The lowest BCUT2D eigenvalue weighted by Crippen LogP contribution is -2.38. The van der Waals surface area contributed by atoms with Crippen molar-refractivity contribution < 1.29 is 27.5 Å². The lowest BCUT2D eigenvalue weighted by atomic mass is 9.99. The monoisotopic (exact) mass is 335 g/mol. The van der Waals surface area contributed by atoms with Gasteiger partial charge in [0.2, 0.25) is 0 Å². The Bertz CT molecular complexity index is 851. The van der Waals surface area contributed by atoms with Crippen LogP contribution in [0.1, 0.15) is 27.1 Å². The summed E-state index contributed by atoms with van der Waals surface area (Å²) in [6.07, 6.45) is 0.0519. The average Bonchev–Trinajstić information content (AvgIpc) is 2.59. The SMILES string of the molecule is COc1ccc2c(c1)N(C(=O)c1ccc(F)c(F)c1F)CCC2=O. The van der Waals surface area contributed by atoms with E-state index in [1.165, 1.54) is 19.2 Å². The highest BCUT2D eigenvalue weighted by atomic mass is 19.2. The fourth-order valence-electron chi connectivity index (χ4n) is 2.61. The number of nitrogens with zero attached hydrogens (tertiary/aromatic N) is 1. The van der Waals surface area contributed by atoms with Gasteiger partial charge in [-0.2, -0.15) is 0 Å². The summed E-state index contributed by atoms with van der Waals surface area (Å²) in [5.41, 5.74) is -0.0601. The lowest BCUT2D eigenvalue weighted by Gasteiger charge is -2.29. The van der Waals surface area contributed by atoms with Gasteiger partial charge < -0.3 is 9.64 Å². The first-order valence-corrected chi connectivity index (χ1v) is 7.10. The second-order valence-corrected chi connectivity index (χ2v) is 5.24. The Labute approximate surface area is 135 Å². The number of rotatable bonds is 2. The van der Waals surface area contributed by atoms with Gasteiger partial charge in [0.25, 0.3) is 5.91 Å². The van der Waals surface area contributed by atoms with Gasteiger partial charge in [0.15, 0.2) is 23.2 Å². The number of fused-ring (bicyclic) bond motifs is 1. The van der Waals surface area contributed by atoms with Gasteiger partial charge in [-0.15, -0.1) is 0 Å². The molecule has 1 heterocycles. The van der Waals surface area contributed by atoms with Crippen LogP contribution in [-0.4, -0.2) is 25.3 Å². The summed E-state index contributed by atoms with van der Waals surface area (Å²) in [7, 11) is 1.42. The molecule has 2 aromatic carbocycles. The molecule has 0 atom stereocenters. The first-order chi connectivity index (χ1) is 11.4. The Kier molecular flexibility index (Phi) is 4.01. The zero-order chi connectivity index (χ0) is 17.4. The molecule has 0 aromatic heterocycles. The Hall–Kier alpha value is -2.83. The smallest absolute Gasteiger partial charge is 0.261 e. The fraction of sp³-hybridized carbons (Fsp3) is 0.176. The van der Waals surface area contributed by atoms with Gasteiger partial charge in [-0.3, -0.25) is 9.59 Å². The van der Waals surface area contributed by atoms with Crippen LogP contribution >= 0.6 is 0 Å². The molecule has 3 rings (SSSR count). The molecule has 1 amide bonds. The van der Waals surface area contributed by atoms with E-state index in [1.54, 1.807) is 6.07 Å². The number of amides is 1. The van der Waals surface area contributed by atoms with Gasteiger partial charge in [-0.05, 0) is 24.3 Å². The van der Waals surface area contributed by atoms with Crippen molar-refractivity contribution in [3.63, 3.8) is 0 Å². The topological polar surface area (TPSA) is 46.6 Å².